The lowest BCUT2D eigenvalue weighted by atomic mass is 10.1. The molecular formula is C15H13BrClNO2. The predicted octanol–water partition coefficient (Wildman–Crippen LogP) is 4.03. The van der Waals surface area contributed by atoms with Crippen LogP contribution < -0.4 is 10.3 Å². The predicted molar refractivity (Wildman–Crippen MR) is 85.5 cm³/mol. The van der Waals surface area contributed by atoms with Crippen LogP contribution in [0.5, 0.6) is 5.75 Å². The van der Waals surface area contributed by atoms with E-state index in [0.717, 1.165) is 21.5 Å². The summed E-state index contributed by atoms with van der Waals surface area (Å²) >= 11 is 9.32. The molecule has 2 aromatic rings. The van der Waals surface area contributed by atoms with E-state index in [1.165, 1.54) is 4.57 Å². The molecule has 0 fully saturated rings. The summed E-state index contributed by atoms with van der Waals surface area (Å²) in [7, 11) is 1.69. The first-order valence-corrected chi connectivity index (χ1v) is 7.11. The highest BCUT2D eigenvalue weighted by Gasteiger charge is 2.10. The molecule has 5 heteroatoms. The van der Waals surface area contributed by atoms with Gasteiger partial charge in [-0.25, -0.2) is 0 Å². The highest BCUT2D eigenvalue weighted by Crippen LogP contribution is 2.31. The van der Waals surface area contributed by atoms with Gasteiger partial charge in [-0.05, 0) is 46.3 Å². The Morgan fingerprint density at radius 3 is 2.80 bits per heavy atom. The van der Waals surface area contributed by atoms with Gasteiger partial charge in [0.1, 0.15) is 17.4 Å². The molecule has 0 aliphatic heterocycles. The quantitative estimate of drug-likeness (QED) is 0.776. The fraction of sp³-hybridized carbons (Fsp3) is 0.133. The third-order valence-corrected chi connectivity index (χ3v) is 3.79. The lowest BCUT2D eigenvalue weighted by Crippen LogP contribution is -2.18. The number of benzene rings is 1. The summed E-state index contributed by atoms with van der Waals surface area (Å²) in [6, 6.07) is 9.02. The van der Waals surface area contributed by atoms with Gasteiger partial charge in [0.05, 0.1) is 5.69 Å². The molecule has 20 heavy (non-hydrogen) atoms. The summed E-state index contributed by atoms with van der Waals surface area (Å²) in [5.41, 5.74) is 1.46. The first-order valence-electron chi connectivity index (χ1n) is 5.93. The van der Waals surface area contributed by atoms with Crippen molar-refractivity contribution < 1.29 is 4.74 Å². The van der Waals surface area contributed by atoms with Crippen molar-refractivity contribution in [2.75, 3.05) is 6.61 Å². The fourth-order valence-electron chi connectivity index (χ4n) is 1.82. The lowest BCUT2D eigenvalue weighted by Gasteiger charge is -2.12. The first-order chi connectivity index (χ1) is 9.54. The van der Waals surface area contributed by atoms with Crippen LogP contribution in [0.2, 0.25) is 5.02 Å². The molecule has 0 spiro atoms. The van der Waals surface area contributed by atoms with Gasteiger partial charge in [0, 0.05) is 17.1 Å². The molecule has 1 aromatic carbocycles. The molecule has 1 heterocycles. The van der Waals surface area contributed by atoms with Crippen molar-refractivity contribution in [3.8, 4) is 17.0 Å². The second-order valence-corrected chi connectivity index (χ2v) is 5.43. The average Bonchev–Trinajstić information content (AvgIpc) is 2.44. The molecular weight excluding hydrogens is 342 g/mol. The Kier molecular flexibility index (Phi) is 4.68. The van der Waals surface area contributed by atoms with Crippen LogP contribution in [0.15, 0.2) is 52.3 Å². The normalized spacial score (nSPS) is 10.3. The molecule has 0 atom stereocenters. The minimum atomic E-state index is -0.219. The topological polar surface area (TPSA) is 31.2 Å². The molecule has 1 aromatic heterocycles. The van der Waals surface area contributed by atoms with Crippen LogP contribution in [-0.4, -0.2) is 11.2 Å². The molecule has 104 valence electrons. The Labute approximate surface area is 130 Å². The van der Waals surface area contributed by atoms with Gasteiger partial charge in [-0.3, -0.25) is 4.79 Å². The molecule has 0 N–H and O–H groups in total. The van der Waals surface area contributed by atoms with E-state index in [9.17, 15) is 4.79 Å². The number of rotatable bonds is 4. The summed E-state index contributed by atoms with van der Waals surface area (Å²) in [5.74, 6) is 0.736. The van der Waals surface area contributed by atoms with E-state index >= 15 is 0 Å². The van der Waals surface area contributed by atoms with Gasteiger partial charge < -0.3 is 9.30 Å². The SMILES string of the molecule is C=CCOc1ccc(-c2ccc(Cl)c(=O)n2C)c(Br)c1. The van der Waals surface area contributed by atoms with Crippen LogP contribution in [0.25, 0.3) is 11.3 Å². The molecule has 3 nitrogen and oxygen atoms in total. The smallest absolute Gasteiger partial charge is 0.269 e. The number of hydrogen-bond acceptors (Lipinski definition) is 2. The van der Waals surface area contributed by atoms with Crippen LogP contribution in [-0.2, 0) is 7.05 Å². The van der Waals surface area contributed by atoms with Gasteiger partial charge in [0.25, 0.3) is 5.56 Å². The minimum absolute atomic E-state index is 0.207. The van der Waals surface area contributed by atoms with Crippen molar-refractivity contribution in [2.45, 2.75) is 0 Å². The summed E-state index contributed by atoms with van der Waals surface area (Å²) in [4.78, 5) is 11.9. The third-order valence-electron chi connectivity index (χ3n) is 2.84. The summed E-state index contributed by atoms with van der Waals surface area (Å²) in [6.45, 7) is 4.06. The Bertz CT molecular complexity index is 710. The molecule has 0 aliphatic carbocycles. The van der Waals surface area contributed by atoms with Gasteiger partial charge in [0.2, 0.25) is 0 Å². The van der Waals surface area contributed by atoms with Crippen LogP contribution in [0.3, 0.4) is 0 Å². The van der Waals surface area contributed by atoms with Gasteiger partial charge in [-0.1, -0.05) is 24.3 Å². The van der Waals surface area contributed by atoms with E-state index in [1.54, 1.807) is 19.2 Å². The number of halogens is 2. The molecule has 0 saturated carbocycles. The minimum Gasteiger partial charge on any atom is -0.490 e. The van der Waals surface area contributed by atoms with Crippen LogP contribution in [0, 0.1) is 0 Å². The van der Waals surface area contributed by atoms with E-state index in [1.807, 2.05) is 24.3 Å². The van der Waals surface area contributed by atoms with Gasteiger partial charge in [-0.2, -0.15) is 0 Å². The summed E-state index contributed by atoms with van der Waals surface area (Å²) in [5, 5.41) is 0.207. The van der Waals surface area contributed by atoms with E-state index in [4.69, 9.17) is 16.3 Å². The van der Waals surface area contributed by atoms with Crippen LogP contribution in [0.1, 0.15) is 0 Å². The average molecular weight is 355 g/mol. The fourth-order valence-corrected chi connectivity index (χ4v) is 2.57. The van der Waals surface area contributed by atoms with Crippen molar-refractivity contribution in [2.24, 2.45) is 7.05 Å². The van der Waals surface area contributed by atoms with Crippen molar-refractivity contribution in [3.05, 3.63) is 62.8 Å². The van der Waals surface area contributed by atoms with Crippen LogP contribution >= 0.6 is 27.5 Å². The van der Waals surface area contributed by atoms with E-state index in [2.05, 4.69) is 22.5 Å². The summed E-state index contributed by atoms with van der Waals surface area (Å²) < 4.78 is 7.83. The van der Waals surface area contributed by atoms with Gasteiger partial charge in [0.15, 0.2) is 0 Å². The Balaban J connectivity index is 2.46. The molecule has 0 amide bonds. The maximum absolute atomic E-state index is 11.9. The zero-order valence-electron chi connectivity index (χ0n) is 10.9. The zero-order chi connectivity index (χ0) is 14.7. The Morgan fingerprint density at radius 2 is 2.15 bits per heavy atom. The molecule has 0 saturated heterocycles. The standard InChI is InChI=1S/C15H13BrClNO2/c1-3-8-20-10-4-5-11(12(16)9-10)14-7-6-13(17)15(19)18(14)2/h3-7,9H,1,8H2,2H3. The second kappa shape index (κ2) is 6.29. The monoisotopic (exact) mass is 353 g/mol. The largest absolute Gasteiger partial charge is 0.490 e. The highest BCUT2D eigenvalue weighted by molar-refractivity contribution is 9.10. The maximum Gasteiger partial charge on any atom is 0.269 e. The number of nitrogens with zero attached hydrogens (tertiary/aromatic N) is 1. The number of hydrogen-bond donors (Lipinski definition) is 0. The highest BCUT2D eigenvalue weighted by atomic mass is 79.9. The second-order valence-electron chi connectivity index (χ2n) is 4.17. The third kappa shape index (κ3) is 2.97. The zero-order valence-corrected chi connectivity index (χ0v) is 13.2. The van der Waals surface area contributed by atoms with E-state index in [0.29, 0.717) is 6.61 Å². The molecule has 0 radical (unpaired) electrons. The van der Waals surface area contributed by atoms with E-state index < -0.39 is 0 Å². The Hall–Kier alpha value is -1.52. The number of pyridine rings is 1. The Morgan fingerprint density at radius 1 is 1.40 bits per heavy atom. The van der Waals surface area contributed by atoms with Crippen molar-refractivity contribution in [1.29, 1.82) is 0 Å². The van der Waals surface area contributed by atoms with Crippen molar-refractivity contribution in [1.82, 2.24) is 4.57 Å². The van der Waals surface area contributed by atoms with Gasteiger partial charge in [-0.15, -0.1) is 0 Å². The van der Waals surface area contributed by atoms with Crippen molar-refractivity contribution >= 4 is 27.5 Å². The van der Waals surface area contributed by atoms with E-state index in [-0.39, 0.29) is 10.6 Å². The first kappa shape index (κ1) is 14.9. The number of aromatic nitrogens is 1. The maximum atomic E-state index is 11.9. The lowest BCUT2D eigenvalue weighted by molar-refractivity contribution is 0.363. The summed E-state index contributed by atoms with van der Waals surface area (Å²) in [6.07, 6.45) is 1.69. The molecule has 0 bridgehead atoms. The number of ether oxygens (including phenoxy) is 1. The van der Waals surface area contributed by atoms with Gasteiger partial charge >= 0.3 is 0 Å². The molecule has 0 aliphatic rings. The van der Waals surface area contributed by atoms with Crippen molar-refractivity contribution in [3.63, 3.8) is 0 Å². The molecule has 2 rings (SSSR count). The van der Waals surface area contributed by atoms with Crippen LogP contribution in [0.4, 0.5) is 0 Å². The molecule has 0 unspecified atom stereocenters.